The second-order valence-corrected chi connectivity index (χ2v) is 7.01. The lowest BCUT2D eigenvalue weighted by atomic mass is 9.87. The van der Waals surface area contributed by atoms with Crippen molar-refractivity contribution in [2.24, 2.45) is 0 Å². The molecule has 2 rings (SSSR count). The zero-order valence-electron chi connectivity index (χ0n) is 14.4. The molecule has 6 heteroatoms. The minimum Gasteiger partial charge on any atom is -0.484 e. The van der Waals surface area contributed by atoms with E-state index in [2.05, 4.69) is 31.6 Å². The Balaban J connectivity index is 1.79. The Morgan fingerprint density at radius 1 is 0.960 bits per heavy atom. The van der Waals surface area contributed by atoms with Crippen LogP contribution in [-0.4, -0.2) is 18.4 Å². The Morgan fingerprint density at radius 3 is 2.12 bits per heavy atom. The van der Waals surface area contributed by atoms with Gasteiger partial charge in [-0.2, -0.15) is 0 Å². The van der Waals surface area contributed by atoms with Gasteiger partial charge in [-0.1, -0.05) is 44.5 Å². The molecule has 2 N–H and O–H groups in total. The van der Waals surface area contributed by atoms with Gasteiger partial charge in [0, 0.05) is 10.6 Å². The second kappa shape index (κ2) is 8.03. The predicted octanol–water partition coefficient (Wildman–Crippen LogP) is 3.48. The van der Waals surface area contributed by atoms with Crippen molar-refractivity contribution in [1.82, 2.24) is 10.9 Å². The van der Waals surface area contributed by atoms with E-state index >= 15 is 0 Å². The monoisotopic (exact) mass is 360 g/mol. The topological polar surface area (TPSA) is 67.4 Å². The van der Waals surface area contributed by atoms with Crippen LogP contribution in [0.25, 0.3) is 0 Å². The maximum Gasteiger partial charge on any atom is 0.276 e. The SMILES string of the molecule is CC(C)(C)c1ccc(OCC(=O)NNC(=O)c2ccc(Cl)cc2)cc1. The van der Waals surface area contributed by atoms with Crippen LogP contribution < -0.4 is 15.6 Å². The summed E-state index contributed by atoms with van der Waals surface area (Å²) in [5.74, 6) is -0.297. The number of carbonyl (C=O) groups is 2. The van der Waals surface area contributed by atoms with Gasteiger partial charge in [0.05, 0.1) is 0 Å². The molecule has 0 heterocycles. The molecular weight excluding hydrogens is 340 g/mol. The highest BCUT2D eigenvalue weighted by Crippen LogP contribution is 2.24. The third-order valence-electron chi connectivity index (χ3n) is 3.51. The van der Waals surface area contributed by atoms with Crippen LogP contribution in [0.2, 0.25) is 5.02 Å². The molecule has 0 aliphatic heterocycles. The molecule has 5 nitrogen and oxygen atoms in total. The normalized spacial score (nSPS) is 10.9. The van der Waals surface area contributed by atoms with Crippen LogP contribution in [0, 0.1) is 0 Å². The lowest BCUT2D eigenvalue weighted by molar-refractivity contribution is -0.123. The number of ether oxygens (including phenoxy) is 1. The first kappa shape index (κ1) is 18.8. The van der Waals surface area contributed by atoms with Crippen LogP contribution in [-0.2, 0) is 10.2 Å². The van der Waals surface area contributed by atoms with Gasteiger partial charge in [0.25, 0.3) is 11.8 Å². The molecule has 0 spiro atoms. The van der Waals surface area contributed by atoms with Gasteiger partial charge in [-0.25, -0.2) is 0 Å². The summed E-state index contributed by atoms with van der Waals surface area (Å²) in [5.41, 5.74) is 6.26. The van der Waals surface area contributed by atoms with Crippen molar-refractivity contribution >= 4 is 23.4 Å². The average molecular weight is 361 g/mol. The first-order valence-electron chi connectivity index (χ1n) is 7.84. The summed E-state index contributed by atoms with van der Waals surface area (Å²) in [6.07, 6.45) is 0. The number of halogens is 1. The molecule has 25 heavy (non-hydrogen) atoms. The summed E-state index contributed by atoms with van der Waals surface area (Å²) in [4.78, 5) is 23.6. The largest absolute Gasteiger partial charge is 0.484 e. The van der Waals surface area contributed by atoms with Crippen molar-refractivity contribution in [3.63, 3.8) is 0 Å². The van der Waals surface area contributed by atoms with Gasteiger partial charge in [-0.3, -0.25) is 20.4 Å². The number of hydrogen-bond acceptors (Lipinski definition) is 3. The standard InChI is InChI=1S/C19H21ClN2O3/c1-19(2,3)14-6-10-16(11-7-14)25-12-17(23)21-22-18(24)13-4-8-15(20)9-5-13/h4-11H,12H2,1-3H3,(H,21,23)(H,22,24). The zero-order valence-corrected chi connectivity index (χ0v) is 15.2. The summed E-state index contributed by atoms with van der Waals surface area (Å²) in [5, 5.41) is 0.534. The maximum atomic E-state index is 11.9. The Bertz CT molecular complexity index is 735. The molecule has 0 aromatic heterocycles. The molecule has 0 radical (unpaired) electrons. The summed E-state index contributed by atoms with van der Waals surface area (Å²) in [6, 6.07) is 13.9. The fraction of sp³-hybridized carbons (Fsp3) is 0.263. The summed E-state index contributed by atoms with van der Waals surface area (Å²) in [6.45, 7) is 6.18. The van der Waals surface area contributed by atoms with Crippen LogP contribution in [0.15, 0.2) is 48.5 Å². The van der Waals surface area contributed by atoms with Crippen LogP contribution in [0.3, 0.4) is 0 Å². The molecule has 0 atom stereocenters. The first-order chi connectivity index (χ1) is 11.8. The summed E-state index contributed by atoms with van der Waals surface area (Å²) < 4.78 is 5.41. The van der Waals surface area contributed by atoms with Gasteiger partial charge >= 0.3 is 0 Å². The van der Waals surface area contributed by atoms with Crippen LogP contribution >= 0.6 is 11.6 Å². The highest BCUT2D eigenvalue weighted by atomic mass is 35.5. The minimum absolute atomic E-state index is 0.0574. The van der Waals surface area contributed by atoms with Gasteiger partial charge in [0.2, 0.25) is 0 Å². The number of amides is 2. The van der Waals surface area contributed by atoms with Crippen molar-refractivity contribution < 1.29 is 14.3 Å². The van der Waals surface area contributed by atoms with Crippen molar-refractivity contribution in [2.45, 2.75) is 26.2 Å². The molecule has 0 saturated heterocycles. The Hall–Kier alpha value is -2.53. The number of hydrogen-bond donors (Lipinski definition) is 2. The molecule has 0 aliphatic carbocycles. The van der Waals surface area contributed by atoms with Crippen LogP contribution in [0.5, 0.6) is 5.75 Å². The third-order valence-corrected chi connectivity index (χ3v) is 3.76. The predicted molar refractivity (Wildman–Crippen MR) is 97.7 cm³/mol. The lowest BCUT2D eigenvalue weighted by Crippen LogP contribution is -2.43. The number of nitrogens with one attached hydrogen (secondary N) is 2. The molecule has 0 saturated carbocycles. The van der Waals surface area contributed by atoms with Crippen LogP contribution in [0.4, 0.5) is 0 Å². The van der Waals surface area contributed by atoms with Gasteiger partial charge in [0.15, 0.2) is 6.61 Å². The Morgan fingerprint density at radius 2 is 1.56 bits per heavy atom. The highest BCUT2D eigenvalue weighted by Gasteiger charge is 2.13. The first-order valence-corrected chi connectivity index (χ1v) is 8.21. The highest BCUT2D eigenvalue weighted by molar-refractivity contribution is 6.30. The molecule has 0 aliphatic rings. The van der Waals surface area contributed by atoms with E-state index < -0.39 is 11.8 Å². The van der Waals surface area contributed by atoms with Crippen molar-refractivity contribution in [3.8, 4) is 5.75 Å². The molecule has 132 valence electrons. The Kier molecular flexibility index (Phi) is 6.04. The van der Waals surface area contributed by atoms with E-state index in [1.165, 1.54) is 5.56 Å². The zero-order chi connectivity index (χ0) is 18.4. The van der Waals surface area contributed by atoms with Crippen molar-refractivity contribution in [3.05, 3.63) is 64.7 Å². The van der Waals surface area contributed by atoms with Crippen molar-refractivity contribution in [2.75, 3.05) is 6.61 Å². The van der Waals surface area contributed by atoms with Gasteiger partial charge in [-0.05, 0) is 47.4 Å². The minimum atomic E-state index is -0.456. The molecule has 2 amide bonds. The summed E-state index contributed by atoms with van der Waals surface area (Å²) in [7, 11) is 0. The van der Waals surface area contributed by atoms with E-state index in [9.17, 15) is 9.59 Å². The molecule has 2 aromatic rings. The van der Waals surface area contributed by atoms with Crippen molar-refractivity contribution in [1.29, 1.82) is 0 Å². The van der Waals surface area contributed by atoms with E-state index in [1.54, 1.807) is 24.3 Å². The number of rotatable bonds is 4. The second-order valence-electron chi connectivity index (χ2n) is 6.57. The van der Waals surface area contributed by atoms with E-state index in [4.69, 9.17) is 16.3 Å². The van der Waals surface area contributed by atoms with E-state index in [1.807, 2.05) is 24.3 Å². The molecule has 0 unspecified atom stereocenters. The summed E-state index contributed by atoms with van der Waals surface area (Å²) >= 11 is 5.76. The van der Waals surface area contributed by atoms with E-state index in [0.717, 1.165) is 0 Å². The fourth-order valence-corrected chi connectivity index (χ4v) is 2.16. The fourth-order valence-electron chi connectivity index (χ4n) is 2.04. The molecular formula is C19H21ClN2O3. The number of hydrazine groups is 1. The van der Waals surface area contributed by atoms with Gasteiger partial charge in [0.1, 0.15) is 5.75 Å². The van der Waals surface area contributed by atoms with Gasteiger partial charge < -0.3 is 4.74 Å². The van der Waals surface area contributed by atoms with Crippen LogP contribution in [0.1, 0.15) is 36.7 Å². The average Bonchev–Trinajstić information content (AvgIpc) is 2.58. The quantitative estimate of drug-likeness (QED) is 0.820. The maximum absolute atomic E-state index is 11.9. The van der Waals surface area contributed by atoms with Gasteiger partial charge in [-0.15, -0.1) is 0 Å². The molecule has 0 bridgehead atoms. The number of benzene rings is 2. The lowest BCUT2D eigenvalue weighted by Gasteiger charge is -2.19. The molecule has 0 fully saturated rings. The third kappa shape index (κ3) is 5.80. The smallest absolute Gasteiger partial charge is 0.276 e. The number of carbonyl (C=O) groups excluding carboxylic acids is 2. The molecule has 2 aromatic carbocycles. The van der Waals surface area contributed by atoms with E-state index in [0.29, 0.717) is 16.3 Å². The van der Waals surface area contributed by atoms with E-state index in [-0.39, 0.29) is 12.0 Å². The Labute approximate surface area is 152 Å².